The minimum atomic E-state index is -0.476. The van der Waals surface area contributed by atoms with Crippen LogP contribution in [-0.2, 0) is 0 Å². The molecule has 2 rings (SSSR count). The molecule has 0 fully saturated rings. The molecule has 1 aromatic carbocycles. The molecule has 21 heavy (non-hydrogen) atoms. The van der Waals surface area contributed by atoms with E-state index >= 15 is 0 Å². The average Bonchev–Trinajstić information content (AvgIpc) is 2.47. The second-order valence-electron chi connectivity index (χ2n) is 4.99. The van der Waals surface area contributed by atoms with Gasteiger partial charge in [0.2, 0.25) is 0 Å². The highest BCUT2D eigenvalue weighted by atomic mass is 19.1. The summed E-state index contributed by atoms with van der Waals surface area (Å²) < 4.78 is 26.0. The Morgan fingerprint density at radius 2 is 2.00 bits per heavy atom. The van der Waals surface area contributed by atoms with Gasteiger partial charge < -0.3 is 4.90 Å². The Morgan fingerprint density at radius 1 is 1.24 bits per heavy atom. The third-order valence-electron chi connectivity index (χ3n) is 3.22. The topological polar surface area (TPSA) is 33.2 Å². The van der Waals surface area contributed by atoms with Crippen molar-refractivity contribution in [2.24, 2.45) is 5.92 Å². The van der Waals surface area contributed by atoms with E-state index < -0.39 is 5.82 Å². The number of anilines is 1. The molecule has 0 aliphatic rings. The number of ketones is 1. The van der Waals surface area contributed by atoms with Gasteiger partial charge in [-0.3, -0.25) is 9.78 Å². The van der Waals surface area contributed by atoms with Crippen LogP contribution in [0.4, 0.5) is 14.5 Å². The van der Waals surface area contributed by atoms with E-state index in [1.54, 1.807) is 31.0 Å². The Morgan fingerprint density at radius 3 is 2.62 bits per heavy atom. The SMILES string of the molecule is CC(CN(C)c1cccc(F)c1)C(=O)c1ccc(F)cn1. The summed E-state index contributed by atoms with van der Waals surface area (Å²) in [4.78, 5) is 17.8. The van der Waals surface area contributed by atoms with E-state index in [0.29, 0.717) is 12.2 Å². The van der Waals surface area contributed by atoms with Gasteiger partial charge in [-0.2, -0.15) is 0 Å². The number of Topliss-reactive ketones (excluding diaryl/α,β-unsaturated/α-hetero) is 1. The van der Waals surface area contributed by atoms with E-state index in [2.05, 4.69) is 4.98 Å². The molecular formula is C16H16F2N2O. The molecule has 0 spiro atoms. The van der Waals surface area contributed by atoms with Crippen molar-refractivity contribution in [1.82, 2.24) is 4.98 Å². The number of aromatic nitrogens is 1. The van der Waals surface area contributed by atoms with E-state index in [-0.39, 0.29) is 23.2 Å². The molecule has 0 amide bonds. The van der Waals surface area contributed by atoms with Gasteiger partial charge in [0, 0.05) is 25.2 Å². The predicted molar refractivity (Wildman–Crippen MR) is 77.4 cm³/mol. The van der Waals surface area contributed by atoms with Gasteiger partial charge in [-0.25, -0.2) is 8.78 Å². The number of hydrogen-bond acceptors (Lipinski definition) is 3. The molecule has 1 heterocycles. The minimum absolute atomic E-state index is 0.168. The van der Waals surface area contributed by atoms with Crippen molar-refractivity contribution in [3.8, 4) is 0 Å². The van der Waals surface area contributed by atoms with Crippen LogP contribution in [0, 0.1) is 17.6 Å². The van der Waals surface area contributed by atoms with Crippen LogP contribution >= 0.6 is 0 Å². The smallest absolute Gasteiger partial charge is 0.185 e. The summed E-state index contributed by atoms with van der Waals surface area (Å²) in [5.74, 6) is -1.30. The van der Waals surface area contributed by atoms with E-state index in [1.165, 1.54) is 24.3 Å². The summed E-state index contributed by atoms with van der Waals surface area (Å²) in [6, 6.07) is 8.76. The third-order valence-corrected chi connectivity index (χ3v) is 3.22. The van der Waals surface area contributed by atoms with Crippen molar-refractivity contribution < 1.29 is 13.6 Å². The number of carbonyl (C=O) groups excluding carboxylic acids is 1. The molecule has 1 unspecified atom stereocenters. The van der Waals surface area contributed by atoms with Gasteiger partial charge in [-0.1, -0.05) is 13.0 Å². The largest absolute Gasteiger partial charge is 0.374 e. The van der Waals surface area contributed by atoms with Crippen LogP contribution in [0.2, 0.25) is 0 Å². The van der Waals surface area contributed by atoms with Gasteiger partial charge in [-0.15, -0.1) is 0 Å². The summed E-state index contributed by atoms with van der Waals surface area (Å²) in [5, 5.41) is 0. The summed E-state index contributed by atoms with van der Waals surface area (Å²) in [5.41, 5.74) is 0.929. The maximum atomic E-state index is 13.2. The van der Waals surface area contributed by atoms with Crippen molar-refractivity contribution in [2.45, 2.75) is 6.92 Å². The van der Waals surface area contributed by atoms with Gasteiger partial charge in [0.05, 0.1) is 6.20 Å². The first-order valence-electron chi connectivity index (χ1n) is 6.60. The number of rotatable bonds is 5. The Hall–Kier alpha value is -2.30. The molecular weight excluding hydrogens is 274 g/mol. The van der Waals surface area contributed by atoms with Crippen LogP contribution in [0.15, 0.2) is 42.6 Å². The Balaban J connectivity index is 2.05. The molecule has 2 aromatic rings. The van der Waals surface area contributed by atoms with Crippen LogP contribution in [0.25, 0.3) is 0 Å². The normalized spacial score (nSPS) is 12.0. The van der Waals surface area contributed by atoms with E-state index in [4.69, 9.17) is 0 Å². The number of nitrogens with zero attached hydrogens (tertiary/aromatic N) is 2. The lowest BCUT2D eigenvalue weighted by Crippen LogP contribution is -2.29. The molecule has 0 aliphatic carbocycles. The first-order valence-corrected chi connectivity index (χ1v) is 6.60. The van der Waals surface area contributed by atoms with Gasteiger partial charge >= 0.3 is 0 Å². The second-order valence-corrected chi connectivity index (χ2v) is 4.99. The zero-order valence-corrected chi connectivity index (χ0v) is 11.9. The molecule has 0 aliphatic heterocycles. The fraction of sp³-hybridized carbons (Fsp3) is 0.250. The van der Waals surface area contributed by atoms with Crippen LogP contribution < -0.4 is 4.90 Å². The lowest BCUT2D eigenvalue weighted by Gasteiger charge is -2.22. The molecule has 3 nitrogen and oxygen atoms in total. The second kappa shape index (κ2) is 6.43. The molecule has 0 N–H and O–H groups in total. The number of benzene rings is 1. The highest BCUT2D eigenvalue weighted by molar-refractivity contribution is 5.96. The fourth-order valence-electron chi connectivity index (χ4n) is 2.09. The summed E-state index contributed by atoms with van der Waals surface area (Å²) in [6.45, 7) is 2.19. The van der Waals surface area contributed by atoms with Crippen molar-refractivity contribution in [3.05, 3.63) is 59.9 Å². The highest BCUT2D eigenvalue weighted by Gasteiger charge is 2.18. The molecule has 1 aromatic heterocycles. The minimum Gasteiger partial charge on any atom is -0.374 e. The monoisotopic (exact) mass is 290 g/mol. The maximum absolute atomic E-state index is 13.2. The van der Waals surface area contributed by atoms with Crippen LogP contribution in [0.1, 0.15) is 17.4 Å². The molecule has 5 heteroatoms. The fourth-order valence-corrected chi connectivity index (χ4v) is 2.09. The van der Waals surface area contributed by atoms with Crippen molar-refractivity contribution in [1.29, 1.82) is 0 Å². The average molecular weight is 290 g/mol. The highest BCUT2D eigenvalue weighted by Crippen LogP contribution is 2.16. The lowest BCUT2D eigenvalue weighted by atomic mass is 10.0. The van der Waals surface area contributed by atoms with Crippen LogP contribution in [0.3, 0.4) is 0 Å². The summed E-state index contributed by atoms with van der Waals surface area (Å²) >= 11 is 0. The van der Waals surface area contributed by atoms with Crippen LogP contribution in [-0.4, -0.2) is 24.4 Å². The maximum Gasteiger partial charge on any atom is 0.185 e. The Bertz CT molecular complexity index is 628. The standard InChI is InChI=1S/C16H16F2N2O/c1-11(16(21)15-7-6-13(18)9-19-15)10-20(2)14-5-3-4-12(17)8-14/h3-9,11H,10H2,1-2H3. The first-order chi connectivity index (χ1) is 9.97. The van der Waals surface area contributed by atoms with Gasteiger partial charge in [0.15, 0.2) is 5.78 Å². The number of pyridine rings is 1. The quantitative estimate of drug-likeness (QED) is 0.792. The summed E-state index contributed by atoms with van der Waals surface area (Å²) in [7, 11) is 1.79. The van der Waals surface area contributed by atoms with Gasteiger partial charge in [0.25, 0.3) is 0 Å². The van der Waals surface area contributed by atoms with E-state index in [0.717, 1.165) is 6.20 Å². The zero-order chi connectivity index (χ0) is 15.4. The van der Waals surface area contributed by atoms with Crippen molar-refractivity contribution in [2.75, 3.05) is 18.5 Å². The molecule has 110 valence electrons. The number of hydrogen-bond donors (Lipinski definition) is 0. The molecule has 0 radical (unpaired) electrons. The first kappa shape index (κ1) is 15.1. The molecule has 0 saturated heterocycles. The Labute approximate surface area is 122 Å². The summed E-state index contributed by atoms with van der Waals surface area (Å²) in [6.07, 6.45) is 1.02. The van der Waals surface area contributed by atoms with Crippen LogP contribution in [0.5, 0.6) is 0 Å². The molecule has 0 bridgehead atoms. The van der Waals surface area contributed by atoms with Gasteiger partial charge in [-0.05, 0) is 30.3 Å². The molecule has 0 saturated carbocycles. The number of carbonyl (C=O) groups is 1. The van der Waals surface area contributed by atoms with Crippen molar-refractivity contribution in [3.63, 3.8) is 0 Å². The molecule has 1 atom stereocenters. The predicted octanol–water partition coefficient (Wildman–Crippen LogP) is 3.32. The Kier molecular flexibility index (Phi) is 4.62. The third kappa shape index (κ3) is 3.84. The van der Waals surface area contributed by atoms with Crippen molar-refractivity contribution >= 4 is 11.5 Å². The number of halogens is 2. The lowest BCUT2D eigenvalue weighted by molar-refractivity contribution is 0.0928. The van der Waals surface area contributed by atoms with E-state index in [9.17, 15) is 13.6 Å². The zero-order valence-electron chi connectivity index (χ0n) is 11.9. The van der Waals surface area contributed by atoms with E-state index in [1.807, 2.05) is 0 Å². The van der Waals surface area contributed by atoms with Gasteiger partial charge in [0.1, 0.15) is 17.3 Å².